The molecular formula is C23H29ClN6O3. The fourth-order valence-electron chi connectivity index (χ4n) is 3.79. The van der Waals surface area contributed by atoms with Crippen LogP contribution >= 0.6 is 11.6 Å². The van der Waals surface area contributed by atoms with Crippen LogP contribution < -0.4 is 19.5 Å². The van der Waals surface area contributed by atoms with Gasteiger partial charge in [0.05, 0.1) is 36.9 Å². The van der Waals surface area contributed by atoms with Gasteiger partial charge < -0.3 is 24.4 Å². The first-order valence-corrected chi connectivity index (χ1v) is 11.6. The highest BCUT2D eigenvalue weighted by Crippen LogP contribution is 2.36. The summed E-state index contributed by atoms with van der Waals surface area (Å²) in [5.41, 5.74) is 0.692. The standard InChI is InChI=1S/C23H29ClN6O3/c1-15(2)33-19-12-16(32-10-6-9-30-7-4-5-8-30)11-18-20(19)22(27-14-26-18)28-21-17(24)13-25-23(29-21)31-3/h11-15H,4-10H2,1-3H3,(H,25,26,27,28,29). The van der Waals surface area contributed by atoms with Crippen molar-refractivity contribution in [2.75, 3.05) is 38.7 Å². The van der Waals surface area contributed by atoms with Gasteiger partial charge in [0, 0.05) is 18.7 Å². The van der Waals surface area contributed by atoms with Crippen LogP contribution in [0.4, 0.5) is 11.6 Å². The van der Waals surface area contributed by atoms with Gasteiger partial charge in [-0.15, -0.1) is 0 Å². The third-order valence-electron chi connectivity index (χ3n) is 5.27. The average Bonchev–Trinajstić information content (AvgIpc) is 3.31. The minimum Gasteiger partial charge on any atom is -0.493 e. The second-order valence-electron chi connectivity index (χ2n) is 8.13. The number of anilines is 2. The molecule has 1 fully saturated rings. The molecule has 0 aliphatic carbocycles. The molecule has 1 aromatic carbocycles. The molecule has 0 saturated carbocycles. The van der Waals surface area contributed by atoms with Crippen LogP contribution in [-0.2, 0) is 0 Å². The topological polar surface area (TPSA) is 94.5 Å². The number of fused-ring (bicyclic) bond motifs is 1. The maximum Gasteiger partial charge on any atom is 0.318 e. The number of hydrogen-bond donors (Lipinski definition) is 1. The summed E-state index contributed by atoms with van der Waals surface area (Å²) in [7, 11) is 1.49. The summed E-state index contributed by atoms with van der Waals surface area (Å²) >= 11 is 6.28. The van der Waals surface area contributed by atoms with Crippen LogP contribution in [0, 0.1) is 0 Å². The third kappa shape index (κ3) is 5.91. The molecule has 1 aliphatic rings. The van der Waals surface area contributed by atoms with Crippen LogP contribution in [0.15, 0.2) is 24.7 Å². The summed E-state index contributed by atoms with van der Waals surface area (Å²) in [4.78, 5) is 19.6. The van der Waals surface area contributed by atoms with E-state index in [2.05, 4.69) is 30.2 Å². The third-order valence-corrected chi connectivity index (χ3v) is 5.54. The summed E-state index contributed by atoms with van der Waals surface area (Å²) in [5.74, 6) is 2.23. The molecule has 0 spiro atoms. The largest absolute Gasteiger partial charge is 0.493 e. The molecular weight excluding hydrogens is 444 g/mol. The normalized spacial score (nSPS) is 14.1. The number of hydrogen-bond acceptors (Lipinski definition) is 9. The number of aromatic nitrogens is 4. The van der Waals surface area contributed by atoms with Crippen molar-refractivity contribution in [2.24, 2.45) is 0 Å². The Morgan fingerprint density at radius 2 is 1.94 bits per heavy atom. The Balaban J connectivity index is 1.59. The fourth-order valence-corrected chi connectivity index (χ4v) is 3.93. The van der Waals surface area contributed by atoms with Crippen molar-refractivity contribution in [3.8, 4) is 17.5 Å². The summed E-state index contributed by atoms with van der Waals surface area (Å²) in [6, 6.07) is 3.98. The van der Waals surface area contributed by atoms with Crippen LogP contribution in [0.1, 0.15) is 33.1 Å². The maximum absolute atomic E-state index is 6.28. The van der Waals surface area contributed by atoms with Gasteiger partial charge in [-0.1, -0.05) is 11.6 Å². The Bertz CT molecular complexity index is 1090. The van der Waals surface area contributed by atoms with Gasteiger partial charge in [0.15, 0.2) is 5.82 Å². The average molecular weight is 473 g/mol. The number of likely N-dealkylation sites (tertiary alicyclic amines) is 1. The summed E-state index contributed by atoms with van der Waals surface area (Å²) in [5, 5.41) is 4.22. The first-order chi connectivity index (χ1) is 16.0. The first kappa shape index (κ1) is 23.3. The van der Waals surface area contributed by atoms with Gasteiger partial charge in [0.25, 0.3) is 0 Å². The zero-order valence-corrected chi connectivity index (χ0v) is 19.9. The van der Waals surface area contributed by atoms with E-state index in [4.69, 9.17) is 25.8 Å². The Morgan fingerprint density at radius 1 is 1.12 bits per heavy atom. The van der Waals surface area contributed by atoms with Crippen molar-refractivity contribution in [3.63, 3.8) is 0 Å². The SMILES string of the molecule is COc1ncc(Cl)c(Nc2ncnc3cc(OCCCN4CCCC4)cc(OC(C)C)c23)n1. The quantitative estimate of drug-likeness (QED) is 0.428. The molecule has 9 nitrogen and oxygen atoms in total. The lowest BCUT2D eigenvalue weighted by Crippen LogP contribution is -2.21. The molecule has 3 heterocycles. The van der Waals surface area contributed by atoms with E-state index in [-0.39, 0.29) is 12.1 Å². The highest BCUT2D eigenvalue weighted by molar-refractivity contribution is 6.33. The zero-order valence-electron chi connectivity index (χ0n) is 19.2. The van der Waals surface area contributed by atoms with E-state index in [1.54, 1.807) is 0 Å². The minimum absolute atomic E-state index is 0.0468. The molecule has 1 N–H and O–H groups in total. The number of nitrogens with one attached hydrogen (secondary N) is 1. The van der Waals surface area contributed by atoms with Crippen molar-refractivity contribution in [1.82, 2.24) is 24.8 Å². The monoisotopic (exact) mass is 472 g/mol. The van der Waals surface area contributed by atoms with Crippen molar-refractivity contribution in [3.05, 3.63) is 29.7 Å². The number of rotatable bonds is 10. The van der Waals surface area contributed by atoms with E-state index in [9.17, 15) is 0 Å². The maximum atomic E-state index is 6.28. The van der Waals surface area contributed by atoms with Crippen molar-refractivity contribution in [2.45, 2.75) is 39.2 Å². The van der Waals surface area contributed by atoms with Crippen LogP contribution in [0.3, 0.4) is 0 Å². The molecule has 176 valence electrons. The first-order valence-electron chi connectivity index (χ1n) is 11.2. The van der Waals surface area contributed by atoms with E-state index >= 15 is 0 Å². The second-order valence-corrected chi connectivity index (χ2v) is 8.54. The van der Waals surface area contributed by atoms with E-state index in [1.165, 1.54) is 45.6 Å². The second kappa shape index (κ2) is 10.8. The molecule has 1 aliphatic heterocycles. The summed E-state index contributed by atoms with van der Waals surface area (Å²) < 4.78 is 17.3. The molecule has 10 heteroatoms. The zero-order chi connectivity index (χ0) is 23.2. The number of ether oxygens (including phenoxy) is 3. The highest BCUT2D eigenvalue weighted by atomic mass is 35.5. The minimum atomic E-state index is -0.0468. The molecule has 1 saturated heterocycles. The van der Waals surface area contributed by atoms with E-state index in [1.807, 2.05) is 26.0 Å². The van der Waals surface area contributed by atoms with E-state index in [0.29, 0.717) is 45.7 Å². The number of methoxy groups -OCH3 is 1. The molecule has 2 aromatic heterocycles. The Labute approximate surface area is 198 Å². The van der Waals surface area contributed by atoms with Crippen LogP contribution in [-0.4, -0.2) is 64.3 Å². The van der Waals surface area contributed by atoms with Gasteiger partial charge >= 0.3 is 6.01 Å². The van der Waals surface area contributed by atoms with Gasteiger partial charge in [0.1, 0.15) is 28.7 Å². The number of nitrogens with zero attached hydrogens (tertiary/aromatic N) is 5. The van der Waals surface area contributed by atoms with Gasteiger partial charge in [-0.05, 0) is 46.2 Å². The number of halogens is 1. The van der Waals surface area contributed by atoms with Gasteiger partial charge in [0.2, 0.25) is 0 Å². The predicted octanol–water partition coefficient (Wildman–Crippen LogP) is 4.48. The molecule has 0 radical (unpaired) electrons. The van der Waals surface area contributed by atoms with Gasteiger partial charge in [-0.3, -0.25) is 0 Å². The van der Waals surface area contributed by atoms with E-state index < -0.39 is 0 Å². The molecule has 33 heavy (non-hydrogen) atoms. The molecule has 4 rings (SSSR count). The lowest BCUT2D eigenvalue weighted by atomic mass is 10.2. The van der Waals surface area contributed by atoms with Crippen molar-refractivity contribution < 1.29 is 14.2 Å². The molecule has 3 aromatic rings. The fraction of sp³-hybridized carbons (Fsp3) is 0.478. The van der Waals surface area contributed by atoms with Gasteiger partial charge in [-0.25, -0.2) is 15.0 Å². The molecule has 0 bridgehead atoms. The van der Waals surface area contributed by atoms with Gasteiger partial charge in [-0.2, -0.15) is 4.98 Å². The Hall–Kier alpha value is -2.91. The van der Waals surface area contributed by atoms with E-state index in [0.717, 1.165) is 13.0 Å². The Kier molecular flexibility index (Phi) is 7.61. The number of benzene rings is 1. The van der Waals surface area contributed by atoms with Crippen LogP contribution in [0.25, 0.3) is 10.9 Å². The molecule has 0 atom stereocenters. The summed E-state index contributed by atoms with van der Waals surface area (Å²) in [6.45, 7) is 8.02. The smallest absolute Gasteiger partial charge is 0.318 e. The van der Waals surface area contributed by atoms with Crippen molar-refractivity contribution >= 4 is 34.1 Å². The predicted molar refractivity (Wildman–Crippen MR) is 128 cm³/mol. The Morgan fingerprint density at radius 3 is 2.70 bits per heavy atom. The van der Waals surface area contributed by atoms with Crippen LogP contribution in [0.5, 0.6) is 17.5 Å². The lowest BCUT2D eigenvalue weighted by Gasteiger charge is -2.18. The van der Waals surface area contributed by atoms with Crippen LogP contribution in [0.2, 0.25) is 5.02 Å². The molecule has 0 unspecified atom stereocenters. The molecule has 0 amide bonds. The summed E-state index contributed by atoms with van der Waals surface area (Å²) in [6.07, 6.45) is 6.47. The lowest BCUT2D eigenvalue weighted by molar-refractivity contribution is 0.240. The highest BCUT2D eigenvalue weighted by Gasteiger charge is 2.17. The van der Waals surface area contributed by atoms with Crippen molar-refractivity contribution in [1.29, 1.82) is 0 Å².